The third-order valence-electron chi connectivity index (χ3n) is 1.68. The molecule has 1 aromatic heterocycles. The molecule has 0 atom stereocenters. The lowest BCUT2D eigenvalue weighted by Crippen LogP contribution is -2.31. The quantitative estimate of drug-likeness (QED) is 0.553. The first-order chi connectivity index (χ1) is 6.57. The van der Waals surface area contributed by atoms with Crippen LogP contribution in [0.2, 0.25) is 0 Å². The van der Waals surface area contributed by atoms with Crippen molar-refractivity contribution in [1.82, 2.24) is 10.3 Å². The largest absolute Gasteiger partial charge is 0.366 e. The number of pyridine rings is 1. The van der Waals surface area contributed by atoms with Gasteiger partial charge >= 0.3 is 0 Å². The Hall–Kier alpha value is -2.11. The minimum atomic E-state index is -0.810. The number of carbonyl (C=O) groups excluding carboxylic acids is 2. The van der Waals surface area contributed by atoms with Gasteiger partial charge in [-0.2, -0.15) is 0 Å². The van der Waals surface area contributed by atoms with Gasteiger partial charge in [-0.1, -0.05) is 0 Å². The van der Waals surface area contributed by atoms with Gasteiger partial charge in [0, 0.05) is 13.2 Å². The first-order valence-electron chi connectivity index (χ1n) is 3.81. The van der Waals surface area contributed by atoms with Crippen molar-refractivity contribution in [2.24, 2.45) is 5.73 Å². The topological polar surface area (TPSA) is 105 Å². The van der Waals surface area contributed by atoms with Crippen molar-refractivity contribution in [3.05, 3.63) is 33.7 Å². The van der Waals surface area contributed by atoms with Crippen LogP contribution >= 0.6 is 0 Å². The van der Waals surface area contributed by atoms with E-state index in [2.05, 4.69) is 10.3 Å². The van der Waals surface area contributed by atoms with E-state index in [-0.39, 0.29) is 11.1 Å². The Morgan fingerprint density at radius 3 is 2.64 bits per heavy atom. The van der Waals surface area contributed by atoms with Gasteiger partial charge in [0.25, 0.3) is 11.5 Å². The van der Waals surface area contributed by atoms with E-state index in [1.807, 2.05) is 0 Å². The molecular weight excluding hydrogens is 186 g/mol. The van der Waals surface area contributed by atoms with Crippen LogP contribution in [-0.2, 0) is 0 Å². The molecule has 6 nitrogen and oxygen atoms in total. The summed E-state index contributed by atoms with van der Waals surface area (Å²) in [5.74, 6) is -1.45. The highest BCUT2D eigenvalue weighted by molar-refractivity contribution is 6.06. The van der Waals surface area contributed by atoms with E-state index in [0.717, 1.165) is 0 Å². The zero-order valence-electron chi connectivity index (χ0n) is 7.46. The summed E-state index contributed by atoms with van der Waals surface area (Å²) in [4.78, 5) is 35.6. The lowest BCUT2D eigenvalue weighted by atomic mass is 10.1. The molecule has 14 heavy (non-hydrogen) atoms. The van der Waals surface area contributed by atoms with Crippen LogP contribution in [0.3, 0.4) is 0 Å². The van der Waals surface area contributed by atoms with Gasteiger partial charge in [-0.25, -0.2) is 0 Å². The third kappa shape index (κ3) is 1.63. The van der Waals surface area contributed by atoms with Crippen molar-refractivity contribution in [2.45, 2.75) is 0 Å². The van der Waals surface area contributed by atoms with Crippen molar-refractivity contribution in [1.29, 1.82) is 0 Å². The fourth-order valence-corrected chi connectivity index (χ4v) is 1.03. The average Bonchev–Trinajstić information content (AvgIpc) is 2.16. The molecule has 1 heterocycles. The van der Waals surface area contributed by atoms with Gasteiger partial charge in [-0.15, -0.1) is 0 Å². The summed E-state index contributed by atoms with van der Waals surface area (Å²) >= 11 is 0. The molecule has 0 saturated carbocycles. The van der Waals surface area contributed by atoms with E-state index in [1.165, 1.54) is 19.3 Å². The third-order valence-corrected chi connectivity index (χ3v) is 1.68. The van der Waals surface area contributed by atoms with Gasteiger partial charge < -0.3 is 16.0 Å². The standard InChI is InChI=1S/C8H9N3O3/c1-10-7(13)5-4(6(9)12)2-3-11-8(5)14/h2-3H,1H3,(H2,9,12)(H,10,13)(H,11,14). The van der Waals surface area contributed by atoms with Crippen LogP contribution < -0.4 is 16.6 Å². The second-order valence-corrected chi connectivity index (χ2v) is 2.54. The summed E-state index contributed by atoms with van der Waals surface area (Å²) in [6, 6.07) is 1.29. The molecule has 1 aromatic rings. The molecule has 0 aromatic carbocycles. The molecule has 0 aliphatic carbocycles. The smallest absolute Gasteiger partial charge is 0.261 e. The Kier molecular flexibility index (Phi) is 2.66. The van der Waals surface area contributed by atoms with Crippen molar-refractivity contribution in [3.8, 4) is 0 Å². The fraction of sp³-hybridized carbons (Fsp3) is 0.125. The van der Waals surface area contributed by atoms with Gasteiger partial charge in [-0.3, -0.25) is 14.4 Å². The van der Waals surface area contributed by atoms with Gasteiger partial charge in [0.05, 0.1) is 5.56 Å². The molecule has 0 spiro atoms. The van der Waals surface area contributed by atoms with Crippen LogP contribution in [0.1, 0.15) is 20.7 Å². The average molecular weight is 195 g/mol. The second-order valence-electron chi connectivity index (χ2n) is 2.54. The number of rotatable bonds is 2. The van der Waals surface area contributed by atoms with Crippen molar-refractivity contribution in [2.75, 3.05) is 7.05 Å². The van der Waals surface area contributed by atoms with Crippen molar-refractivity contribution >= 4 is 11.8 Å². The number of primary amides is 1. The zero-order chi connectivity index (χ0) is 10.7. The number of aromatic amines is 1. The SMILES string of the molecule is CNC(=O)c1c(C(N)=O)cc[nH]c1=O. The number of hydrogen-bond donors (Lipinski definition) is 3. The molecule has 2 amide bonds. The van der Waals surface area contributed by atoms with Crippen LogP contribution in [0.5, 0.6) is 0 Å². The Morgan fingerprint density at radius 2 is 2.14 bits per heavy atom. The summed E-state index contributed by atoms with van der Waals surface area (Å²) < 4.78 is 0. The number of carbonyl (C=O) groups is 2. The normalized spacial score (nSPS) is 9.50. The highest BCUT2D eigenvalue weighted by atomic mass is 16.2. The Balaban J connectivity index is 3.45. The van der Waals surface area contributed by atoms with E-state index >= 15 is 0 Å². The summed E-state index contributed by atoms with van der Waals surface area (Å²) in [6.45, 7) is 0. The maximum Gasteiger partial charge on any atom is 0.261 e. The number of aromatic nitrogens is 1. The lowest BCUT2D eigenvalue weighted by Gasteiger charge is -2.02. The molecule has 4 N–H and O–H groups in total. The predicted octanol–water partition coefficient (Wildman–Crippen LogP) is -1.17. The van der Waals surface area contributed by atoms with Crippen molar-refractivity contribution in [3.63, 3.8) is 0 Å². The summed E-state index contributed by atoms with van der Waals surface area (Å²) in [5.41, 5.74) is 4.01. The number of hydrogen-bond acceptors (Lipinski definition) is 3. The predicted molar refractivity (Wildman–Crippen MR) is 49.0 cm³/mol. The summed E-state index contributed by atoms with van der Waals surface area (Å²) in [7, 11) is 1.36. The maximum absolute atomic E-state index is 11.2. The van der Waals surface area contributed by atoms with Crippen LogP contribution in [-0.4, -0.2) is 23.8 Å². The number of nitrogens with two attached hydrogens (primary N) is 1. The van der Waals surface area contributed by atoms with Crippen LogP contribution in [0, 0.1) is 0 Å². The molecule has 6 heteroatoms. The Morgan fingerprint density at radius 1 is 1.50 bits per heavy atom. The number of amides is 2. The van der Waals surface area contributed by atoms with Crippen LogP contribution in [0.25, 0.3) is 0 Å². The summed E-state index contributed by atoms with van der Waals surface area (Å²) in [5, 5.41) is 2.25. The number of nitrogens with one attached hydrogen (secondary N) is 2. The van der Waals surface area contributed by atoms with Gasteiger partial charge in [0.1, 0.15) is 5.56 Å². The molecule has 0 radical (unpaired) electrons. The molecular formula is C8H9N3O3. The first-order valence-corrected chi connectivity index (χ1v) is 3.81. The Labute approximate surface area is 79.1 Å². The number of H-pyrrole nitrogens is 1. The highest BCUT2D eigenvalue weighted by Gasteiger charge is 2.17. The van der Waals surface area contributed by atoms with E-state index in [0.29, 0.717) is 0 Å². The Bertz CT molecular complexity index is 436. The first kappa shape index (κ1) is 9.97. The second kappa shape index (κ2) is 3.73. The van der Waals surface area contributed by atoms with E-state index in [9.17, 15) is 14.4 Å². The molecule has 0 aliphatic rings. The maximum atomic E-state index is 11.2. The van der Waals surface area contributed by atoms with Crippen LogP contribution in [0.15, 0.2) is 17.1 Å². The van der Waals surface area contributed by atoms with E-state index in [1.54, 1.807) is 0 Å². The molecule has 0 saturated heterocycles. The highest BCUT2D eigenvalue weighted by Crippen LogP contribution is 2.00. The summed E-state index contributed by atoms with van der Waals surface area (Å²) in [6.07, 6.45) is 1.26. The fourth-order valence-electron chi connectivity index (χ4n) is 1.03. The van der Waals surface area contributed by atoms with Gasteiger partial charge in [0.15, 0.2) is 0 Å². The molecule has 0 bridgehead atoms. The van der Waals surface area contributed by atoms with E-state index in [4.69, 9.17) is 5.73 Å². The minimum absolute atomic E-state index is 0.0897. The van der Waals surface area contributed by atoms with Crippen LogP contribution in [0.4, 0.5) is 0 Å². The molecule has 0 aliphatic heterocycles. The molecule has 0 unspecified atom stereocenters. The van der Waals surface area contributed by atoms with E-state index < -0.39 is 17.4 Å². The lowest BCUT2D eigenvalue weighted by molar-refractivity contribution is 0.0942. The molecule has 74 valence electrons. The van der Waals surface area contributed by atoms with Gasteiger partial charge in [-0.05, 0) is 6.07 Å². The minimum Gasteiger partial charge on any atom is -0.366 e. The zero-order valence-corrected chi connectivity index (χ0v) is 7.46. The van der Waals surface area contributed by atoms with Crippen molar-refractivity contribution < 1.29 is 9.59 Å². The molecule has 1 rings (SSSR count). The van der Waals surface area contributed by atoms with Gasteiger partial charge in [0.2, 0.25) is 5.91 Å². The molecule has 0 fully saturated rings. The monoisotopic (exact) mass is 195 g/mol.